The number of rotatable bonds is 3. The van der Waals surface area contributed by atoms with Crippen LogP contribution in [-0.4, -0.2) is 46.0 Å². The second-order valence-corrected chi connectivity index (χ2v) is 4.94. The van der Waals surface area contributed by atoms with E-state index in [2.05, 4.69) is 0 Å². The highest BCUT2D eigenvalue weighted by Crippen LogP contribution is 2.20. The molecule has 1 rings (SSSR count). The molecule has 1 saturated heterocycles. The van der Waals surface area contributed by atoms with Gasteiger partial charge in [-0.05, 0) is 32.4 Å². The smallest absolute Gasteiger partial charge is 0.326 e. The Hall–Kier alpha value is -0.710. The Kier molecular flexibility index (Phi) is 4.45. The molecule has 1 N–H and O–H groups in total. The van der Waals surface area contributed by atoms with Crippen molar-refractivity contribution < 1.29 is 14.7 Å². The molecule has 0 spiro atoms. The maximum atomic E-state index is 11.9. The number of carbonyl (C=O) groups is 2. The molecule has 1 fully saturated rings. The first kappa shape index (κ1) is 12.4. The first-order valence-corrected chi connectivity index (χ1v) is 6.42. The largest absolute Gasteiger partial charge is 0.480 e. The lowest BCUT2D eigenvalue weighted by molar-refractivity contribution is -0.151. The van der Waals surface area contributed by atoms with Crippen LogP contribution in [0.2, 0.25) is 0 Å². The van der Waals surface area contributed by atoms with Gasteiger partial charge in [0.25, 0.3) is 0 Å². The molecular weight excluding hydrogens is 214 g/mol. The van der Waals surface area contributed by atoms with Crippen LogP contribution in [0.15, 0.2) is 0 Å². The minimum Gasteiger partial charge on any atom is -0.480 e. The lowest BCUT2D eigenvalue weighted by atomic mass is 10.0. The maximum Gasteiger partial charge on any atom is 0.326 e. The Morgan fingerprint density at radius 2 is 2.13 bits per heavy atom. The SMILES string of the molecule is CSC(C)C(=O)N1CCCCC1C(=O)O. The molecule has 1 aliphatic rings. The molecule has 0 aromatic rings. The number of nitrogens with zero attached hydrogens (tertiary/aromatic N) is 1. The molecule has 15 heavy (non-hydrogen) atoms. The van der Waals surface area contributed by atoms with E-state index in [0.29, 0.717) is 13.0 Å². The van der Waals surface area contributed by atoms with Crippen molar-refractivity contribution in [3.63, 3.8) is 0 Å². The number of carboxylic acids is 1. The zero-order valence-electron chi connectivity index (χ0n) is 9.10. The summed E-state index contributed by atoms with van der Waals surface area (Å²) in [6.07, 6.45) is 4.26. The summed E-state index contributed by atoms with van der Waals surface area (Å²) in [6, 6.07) is -0.610. The molecule has 0 radical (unpaired) electrons. The highest BCUT2D eigenvalue weighted by molar-refractivity contribution is 7.99. The van der Waals surface area contributed by atoms with Crippen molar-refractivity contribution in [1.29, 1.82) is 0 Å². The van der Waals surface area contributed by atoms with Crippen LogP contribution in [0.1, 0.15) is 26.2 Å². The number of aliphatic carboxylic acids is 1. The van der Waals surface area contributed by atoms with Gasteiger partial charge < -0.3 is 10.0 Å². The fourth-order valence-corrected chi connectivity index (χ4v) is 2.12. The average molecular weight is 231 g/mol. The Bertz CT molecular complexity index is 257. The van der Waals surface area contributed by atoms with Gasteiger partial charge >= 0.3 is 5.97 Å². The first-order chi connectivity index (χ1) is 7.07. The monoisotopic (exact) mass is 231 g/mol. The summed E-state index contributed by atoms with van der Waals surface area (Å²) in [7, 11) is 0. The van der Waals surface area contributed by atoms with Gasteiger partial charge in [0, 0.05) is 6.54 Å². The zero-order chi connectivity index (χ0) is 11.4. The number of likely N-dealkylation sites (tertiary alicyclic amines) is 1. The van der Waals surface area contributed by atoms with Crippen molar-refractivity contribution >= 4 is 23.6 Å². The van der Waals surface area contributed by atoms with Gasteiger partial charge in [-0.3, -0.25) is 4.79 Å². The van der Waals surface area contributed by atoms with Crippen LogP contribution in [0.25, 0.3) is 0 Å². The highest BCUT2D eigenvalue weighted by Gasteiger charge is 2.33. The minimum atomic E-state index is -0.878. The fraction of sp³-hybridized carbons (Fsp3) is 0.800. The van der Waals surface area contributed by atoms with Gasteiger partial charge in [-0.1, -0.05) is 0 Å². The molecule has 1 aliphatic heterocycles. The number of hydrogen-bond donors (Lipinski definition) is 1. The van der Waals surface area contributed by atoms with E-state index in [1.54, 1.807) is 0 Å². The second-order valence-electron chi connectivity index (χ2n) is 3.76. The molecule has 4 nitrogen and oxygen atoms in total. The summed E-state index contributed by atoms with van der Waals surface area (Å²) in [6.45, 7) is 2.40. The van der Waals surface area contributed by atoms with Gasteiger partial charge in [0.2, 0.25) is 5.91 Å². The van der Waals surface area contributed by atoms with Crippen molar-refractivity contribution in [3.8, 4) is 0 Å². The fourth-order valence-electron chi connectivity index (χ4n) is 1.79. The van der Waals surface area contributed by atoms with Crippen molar-refractivity contribution in [2.45, 2.75) is 37.5 Å². The van der Waals surface area contributed by atoms with Gasteiger partial charge in [0.15, 0.2) is 0 Å². The van der Waals surface area contributed by atoms with Crippen molar-refractivity contribution in [2.24, 2.45) is 0 Å². The van der Waals surface area contributed by atoms with E-state index in [1.807, 2.05) is 13.2 Å². The predicted octanol–water partition coefficient (Wildman–Crippen LogP) is 1.20. The molecule has 0 aromatic carbocycles. The van der Waals surface area contributed by atoms with Crippen LogP contribution in [0.4, 0.5) is 0 Å². The van der Waals surface area contributed by atoms with Gasteiger partial charge in [0.05, 0.1) is 5.25 Å². The molecule has 5 heteroatoms. The molecule has 0 saturated carbocycles. The Morgan fingerprint density at radius 3 is 2.67 bits per heavy atom. The Balaban J connectivity index is 2.71. The zero-order valence-corrected chi connectivity index (χ0v) is 9.92. The van der Waals surface area contributed by atoms with Crippen LogP contribution < -0.4 is 0 Å². The van der Waals surface area contributed by atoms with E-state index >= 15 is 0 Å². The summed E-state index contributed by atoms with van der Waals surface area (Å²) in [5.74, 6) is -0.925. The van der Waals surface area contributed by atoms with Crippen LogP contribution in [0.5, 0.6) is 0 Å². The molecule has 0 bridgehead atoms. The van der Waals surface area contributed by atoms with E-state index in [1.165, 1.54) is 16.7 Å². The molecule has 1 heterocycles. The third-order valence-corrected chi connectivity index (χ3v) is 3.68. The van der Waals surface area contributed by atoms with E-state index in [4.69, 9.17) is 5.11 Å². The summed E-state index contributed by atoms with van der Waals surface area (Å²) in [5.41, 5.74) is 0. The van der Waals surface area contributed by atoms with E-state index in [-0.39, 0.29) is 11.2 Å². The quantitative estimate of drug-likeness (QED) is 0.793. The summed E-state index contributed by atoms with van der Waals surface area (Å²) < 4.78 is 0. The molecule has 86 valence electrons. The van der Waals surface area contributed by atoms with E-state index in [0.717, 1.165) is 12.8 Å². The Labute approximate surface area is 94.0 Å². The second kappa shape index (κ2) is 5.39. The molecule has 1 amide bonds. The van der Waals surface area contributed by atoms with Crippen LogP contribution in [-0.2, 0) is 9.59 Å². The number of carbonyl (C=O) groups excluding carboxylic acids is 1. The number of carboxylic acid groups (broad SMARTS) is 1. The van der Waals surface area contributed by atoms with Crippen LogP contribution in [0, 0.1) is 0 Å². The number of thioether (sulfide) groups is 1. The van der Waals surface area contributed by atoms with Gasteiger partial charge in [-0.25, -0.2) is 4.79 Å². The lowest BCUT2D eigenvalue weighted by Crippen LogP contribution is -2.50. The number of piperidine rings is 1. The molecule has 2 atom stereocenters. The van der Waals surface area contributed by atoms with E-state index in [9.17, 15) is 9.59 Å². The van der Waals surface area contributed by atoms with Gasteiger partial charge in [-0.15, -0.1) is 0 Å². The van der Waals surface area contributed by atoms with Crippen LogP contribution in [0.3, 0.4) is 0 Å². The first-order valence-electron chi connectivity index (χ1n) is 5.14. The van der Waals surface area contributed by atoms with E-state index < -0.39 is 12.0 Å². The number of hydrogen-bond acceptors (Lipinski definition) is 3. The van der Waals surface area contributed by atoms with Gasteiger partial charge in [-0.2, -0.15) is 11.8 Å². The molecular formula is C10H17NO3S. The van der Waals surface area contributed by atoms with Crippen molar-refractivity contribution in [2.75, 3.05) is 12.8 Å². The summed E-state index contributed by atoms with van der Waals surface area (Å²) in [5, 5.41) is 8.86. The van der Waals surface area contributed by atoms with Crippen molar-refractivity contribution in [1.82, 2.24) is 4.90 Å². The standard InChI is InChI=1S/C10H17NO3S/c1-7(15-2)9(12)11-6-4-3-5-8(11)10(13)14/h7-8H,3-6H2,1-2H3,(H,13,14). The summed E-state index contributed by atoms with van der Waals surface area (Å²) >= 11 is 1.46. The lowest BCUT2D eigenvalue weighted by Gasteiger charge is -2.34. The third-order valence-electron chi connectivity index (χ3n) is 2.77. The topological polar surface area (TPSA) is 57.6 Å². The molecule has 0 aromatic heterocycles. The molecule has 0 aliphatic carbocycles. The number of amides is 1. The summed E-state index contributed by atoms with van der Waals surface area (Å²) in [4.78, 5) is 24.4. The Morgan fingerprint density at radius 1 is 1.47 bits per heavy atom. The maximum absolute atomic E-state index is 11.9. The predicted molar refractivity (Wildman–Crippen MR) is 60.0 cm³/mol. The van der Waals surface area contributed by atoms with Crippen LogP contribution >= 0.6 is 11.8 Å². The minimum absolute atomic E-state index is 0.0467. The van der Waals surface area contributed by atoms with Crippen molar-refractivity contribution in [3.05, 3.63) is 0 Å². The highest BCUT2D eigenvalue weighted by atomic mass is 32.2. The average Bonchev–Trinajstić information content (AvgIpc) is 2.27. The molecule has 2 unspecified atom stereocenters. The van der Waals surface area contributed by atoms with Gasteiger partial charge in [0.1, 0.15) is 6.04 Å². The normalized spacial score (nSPS) is 23.6. The third kappa shape index (κ3) is 2.87.